The highest BCUT2D eigenvalue weighted by Gasteiger charge is 2.17. The van der Waals surface area contributed by atoms with E-state index >= 15 is 0 Å². The highest BCUT2D eigenvalue weighted by Crippen LogP contribution is 2.27. The van der Waals surface area contributed by atoms with Gasteiger partial charge in [0.15, 0.2) is 0 Å². The van der Waals surface area contributed by atoms with Gasteiger partial charge in [0.1, 0.15) is 0 Å². The van der Waals surface area contributed by atoms with E-state index in [1.54, 1.807) is 49.4 Å². The van der Waals surface area contributed by atoms with Crippen molar-refractivity contribution in [2.24, 2.45) is 0 Å². The molecule has 19 heavy (non-hydrogen) atoms. The SMILES string of the molecule is Cc1cc(N(C(=O)O)c2ccccc2)ccc1C#N. The molecule has 0 saturated heterocycles. The van der Waals surface area contributed by atoms with Crippen LogP contribution in [0.15, 0.2) is 48.5 Å². The fourth-order valence-corrected chi connectivity index (χ4v) is 1.86. The zero-order chi connectivity index (χ0) is 13.8. The highest BCUT2D eigenvalue weighted by molar-refractivity contribution is 5.94. The average Bonchev–Trinajstić information content (AvgIpc) is 2.40. The van der Waals surface area contributed by atoms with Crippen molar-refractivity contribution >= 4 is 17.5 Å². The Bertz CT molecular complexity index is 645. The van der Waals surface area contributed by atoms with Crippen molar-refractivity contribution in [3.8, 4) is 6.07 Å². The van der Waals surface area contributed by atoms with Crippen LogP contribution in [0.25, 0.3) is 0 Å². The van der Waals surface area contributed by atoms with E-state index in [1.165, 1.54) is 4.90 Å². The van der Waals surface area contributed by atoms with Crippen LogP contribution in [0, 0.1) is 18.3 Å². The number of rotatable bonds is 2. The minimum absolute atomic E-state index is 0.523. The van der Waals surface area contributed by atoms with Gasteiger partial charge >= 0.3 is 6.09 Å². The second-order valence-corrected chi connectivity index (χ2v) is 4.06. The molecule has 0 unspecified atom stereocenters. The Kier molecular flexibility index (Phi) is 3.48. The third-order valence-corrected chi connectivity index (χ3v) is 2.79. The Morgan fingerprint density at radius 2 is 1.84 bits per heavy atom. The molecule has 0 spiro atoms. The van der Waals surface area contributed by atoms with E-state index in [9.17, 15) is 9.90 Å². The van der Waals surface area contributed by atoms with E-state index in [4.69, 9.17) is 5.26 Å². The van der Waals surface area contributed by atoms with Crippen molar-refractivity contribution in [3.63, 3.8) is 0 Å². The molecule has 0 saturated carbocycles. The van der Waals surface area contributed by atoms with Crippen LogP contribution in [-0.4, -0.2) is 11.2 Å². The third-order valence-electron chi connectivity index (χ3n) is 2.79. The Hall–Kier alpha value is -2.80. The Balaban J connectivity index is 2.50. The van der Waals surface area contributed by atoms with Crippen molar-refractivity contribution in [1.82, 2.24) is 0 Å². The van der Waals surface area contributed by atoms with Crippen molar-refractivity contribution in [1.29, 1.82) is 5.26 Å². The lowest BCUT2D eigenvalue weighted by atomic mass is 10.1. The second kappa shape index (κ2) is 5.23. The van der Waals surface area contributed by atoms with E-state index in [-0.39, 0.29) is 0 Å². The van der Waals surface area contributed by atoms with Gasteiger partial charge in [0, 0.05) is 0 Å². The van der Waals surface area contributed by atoms with E-state index in [1.807, 2.05) is 6.07 Å². The van der Waals surface area contributed by atoms with Crippen LogP contribution < -0.4 is 4.90 Å². The van der Waals surface area contributed by atoms with Crippen molar-refractivity contribution < 1.29 is 9.90 Å². The van der Waals surface area contributed by atoms with Gasteiger partial charge in [0.2, 0.25) is 0 Å². The molecule has 1 amide bonds. The molecular formula is C15H12N2O2. The number of carboxylic acid groups (broad SMARTS) is 1. The zero-order valence-corrected chi connectivity index (χ0v) is 10.4. The number of carbonyl (C=O) groups is 1. The molecule has 0 aromatic heterocycles. The summed E-state index contributed by atoms with van der Waals surface area (Å²) in [5, 5.41) is 18.3. The number of aryl methyl sites for hydroxylation is 1. The summed E-state index contributed by atoms with van der Waals surface area (Å²) >= 11 is 0. The molecule has 4 nitrogen and oxygen atoms in total. The summed E-state index contributed by atoms with van der Waals surface area (Å²) in [6, 6.07) is 15.9. The molecule has 0 bridgehead atoms. The zero-order valence-electron chi connectivity index (χ0n) is 10.4. The van der Waals surface area contributed by atoms with Gasteiger partial charge in [-0.3, -0.25) is 0 Å². The van der Waals surface area contributed by atoms with Crippen LogP contribution in [0.1, 0.15) is 11.1 Å². The molecule has 0 heterocycles. The van der Waals surface area contributed by atoms with Gasteiger partial charge in [-0.2, -0.15) is 5.26 Å². The lowest BCUT2D eigenvalue weighted by Gasteiger charge is -2.20. The third kappa shape index (κ3) is 2.55. The molecule has 2 aromatic rings. The Morgan fingerprint density at radius 3 is 2.37 bits per heavy atom. The smallest absolute Gasteiger partial charge is 0.416 e. The molecule has 0 aliphatic rings. The van der Waals surface area contributed by atoms with Crippen LogP contribution >= 0.6 is 0 Å². The van der Waals surface area contributed by atoms with Crippen LogP contribution in [0.2, 0.25) is 0 Å². The number of benzene rings is 2. The number of hydrogen-bond acceptors (Lipinski definition) is 2. The highest BCUT2D eigenvalue weighted by atomic mass is 16.4. The van der Waals surface area contributed by atoms with Gasteiger partial charge < -0.3 is 5.11 Å². The predicted octanol–water partition coefficient (Wildman–Crippen LogP) is 3.68. The first kappa shape index (κ1) is 12.7. The molecule has 4 heteroatoms. The Morgan fingerprint density at radius 1 is 1.16 bits per heavy atom. The van der Waals surface area contributed by atoms with Gasteiger partial charge in [0.05, 0.1) is 23.0 Å². The number of amides is 1. The maximum absolute atomic E-state index is 11.4. The molecule has 0 atom stereocenters. The van der Waals surface area contributed by atoms with E-state index < -0.39 is 6.09 Å². The summed E-state index contributed by atoms with van der Waals surface area (Å²) in [7, 11) is 0. The average molecular weight is 252 g/mol. The second-order valence-electron chi connectivity index (χ2n) is 4.06. The monoisotopic (exact) mass is 252 g/mol. The molecule has 0 radical (unpaired) electrons. The summed E-state index contributed by atoms with van der Waals surface area (Å²) in [4.78, 5) is 12.6. The minimum atomic E-state index is -1.06. The molecule has 0 aliphatic carbocycles. The number of nitrogens with zero attached hydrogens (tertiary/aromatic N) is 2. The van der Waals surface area contributed by atoms with Gasteiger partial charge in [-0.25, -0.2) is 9.69 Å². The fourth-order valence-electron chi connectivity index (χ4n) is 1.86. The lowest BCUT2D eigenvalue weighted by Crippen LogP contribution is -2.23. The van der Waals surface area contributed by atoms with Crippen LogP contribution in [0.3, 0.4) is 0 Å². The molecule has 2 rings (SSSR count). The predicted molar refractivity (Wildman–Crippen MR) is 72.5 cm³/mol. The summed E-state index contributed by atoms with van der Waals surface area (Å²) in [6.07, 6.45) is -1.06. The number of hydrogen-bond donors (Lipinski definition) is 1. The van der Waals surface area contributed by atoms with Crippen molar-refractivity contribution in [2.45, 2.75) is 6.92 Å². The summed E-state index contributed by atoms with van der Waals surface area (Å²) in [6.45, 7) is 1.78. The van der Waals surface area contributed by atoms with Gasteiger partial charge in [-0.1, -0.05) is 18.2 Å². The molecule has 1 N–H and O–H groups in total. The quantitative estimate of drug-likeness (QED) is 0.886. The molecule has 0 fully saturated rings. The van der Waals surface area contributed by atoms with E-state index in [0.717, 1.165) is 5.56 Å². The molecular weight excluding hydrogens is 240 g/mol. The normalized spacial score (nSPS) is 9.68. The molecule has 94 valence electrons. The van der Waals surface area contributed by atoms with E-state index in [0.29, 0.717) is 16.9 Å². The molecule has 0 aliphatic heterocycles. The minimum Gasteiger partial charge on any atom is -0.464 e. The summed E-state index contributed by atoms with van der Waals surface area (Å²) < 4.78 is 0. The summed E-state index contributed by atoms with van der Waals surface area (Å²) in [5.41, 5.74) is 2.39. The van der Waals surface area contributed by atoms with Crippen LogP contribution in [0.4, 0.5) is 16.2 Å². The van der Waals surface area contributed by atoms with Crippen LogP contribution in [-0.2, 0) is 0 Å². The topological polar surface area (TPSA) is 64.3 Å². The number of nitriles is 1. The van der Waals surface area contributed by atoms with Crippen LogP contribution in [0.5, 0.6) is 0 Å². The van der Waals surface area contributed by atoms with Crippen molar-refractivity contribution in [3.05, 3.63) is 59.7 Å². The first-order valence-corrected chi connectivity index (χ1v) is 5.72. The Labute approximate surface area is 111 Å². The number of anilines is 2. The fraction of sp³-hybridized carbons (Fsp3) is 0.0667. The van der Waals surface area contributed by atoms with E-state index in [2.05, 4.69) is 6.07 Å². The maximum Gasteiger partial charge on any atom is 0.416 e. The van der Waals surface area contributed by atoms with Gasteiger partial charge in [-0.05, 0) is 42.8 Å². The largest absolute Gasteiger partial charge is 0.464 e. The first-order valence-electron chi connectivity index (χ1n) is 5.72. The van der Waals surface area contributed by atoms with Crippen molar-refractivity contribution in [2.75, 3.05) is 4.90 Å². The lowest BCUT2D eigenvalue weighted by molar-refractivity contribution is 0.205. The first-order chi connectivity index (χ1) is 9.13. The van der Waals surface area contributed by atoms with Gasteiger partial charge in [0.25, 0.3) is 0 Å². The summed E-state index contributed by atoms with van der Waals surface area (Å²) in [5.74, 6) is 0. The molecule has 2 aromatic carbocycles. The maximum atomic E-state index is 11.4. The standard InChI is InChI=1S/C15H12N2O2/c1-11-9-14(8-7-12(11)10-16)17(15(18)19)13-5-3-2-4-6-13/h2-9H,1H3,(H,18,19). The number of para-hydroxylation sites is 1. The van der Waals surface area contributed by atoms with Gasteiger partial charge in [-0.15, -0.1) is 0 Å².